The molecule has 0 atom stereocenters. The topological polar surface area (TPSA) is 64.3 Å². The van der Waals surface area contributed by atoms with E-state index in [1.54, 1.807) is 0 Å². The number of ether oxygens (including phenoxy) is 1. The van der Waals surface area contributed by atoms with Crippen LogP contribution in [-0.4, -0.2) is 18.2 Å². The van der Waals surface area contributed by atoms with Gasteiger partial charge in [0.15, 0.2) is 5.11 Å². The number of carbonyl (C=O) groups is 1. The normalized spacial score (nSPS) is 9.69. The number of anilines is 1. The molecule has 86 valence electrons. The van der Waals surface area contributed by atoms with Gasteiger partial charge < -0.3 is 15.8 Å². The van der Waals surface area contributed by atoms with Gasteiger partial charge in [0.1, 0.15) is 11.4 Å². The quantitative estimate of drug-likeness (QED) is 0.630. The van der Waals surface area contributed by atoms with Gasteiger partial charge in [0.05, 0.1) is 12.1 Å². The summed E-state index contributed by atoms with van der Waals surface area (Å²) in [7, 11) is 1.14. The maximum Gasteiger partial charge on any atom is 0.342 e. The molecule has 0 bridgehead atoms. The summed E-state index contributed by atoms with van der Waals surface area (Å²) in [4.78, 5) is 11.2. The molecule has 1 rings (SSSR count). The van der Waals surface area contributed by atoms with Gasteiger partial charge in [-0.25, -0.2) is 9.18 Å². The number of thiocarbonyl (C=S) groups is 1. The van der Waals surface area contributed by atoms with Crippen LogP contribution in [0.15, 0.2) is 12.1 Å². The first-order chi connectivity index (χ1) is 7.45. The van der Waals surface area contributed by atoms with Crippen LogP contribution in [0.3, 0.4) is 0 Å². The van der Waals surface area contributed by atoms with E-state index in [2.05, 4.69) is 22.3 Å². The Morgan fingerprint density at radius 1 is 1.62 bits per heavy atom. The van der Waals surface area contributed by atoms with Gasteiger partial charge in [-0.2, -0.15) is 0 Å². The Morgan fingerprint density at radius 3 is 2.69 bits per heavy atom. The molecule has 3 N–H and O–H groups in total. The molecule has 0 amide bonds. The van der Waals surface area contributed by atoms with Crippen molar-refractivity contribution in [3.05, 3.63) is 28.5 Å². The van der Waals surface area contributed by atoms with E-state index in [-0.39, 0.29) is 21.4 Å². The molecule has 1 aromatic carbocycles. The number of hydrogen-bond acceptors (Lipinski definition) is 3. The van der Waals surface area contributed by atoms with E-state index in [0.29, 0.717) is 0 Å². The highest BCUT2D eigenvalue weighted by atomic mass is 35.5. The summed E-state index contributed by atoms with van der Waals surface area (Å²) in [6.45, 7) is 0. The number of esters is 1. The van der Waals surface area contributed by atoms with Gasteiger partial charge in [0, 0.05) is 5.69 Å². The molecule has 0 aliphatic rings. The van der Waals surface area contributed by atoms with Crippen LogP contribution in [0.1, 0.15) is 10.4 Å². The lowest BCUT2D eigenvalue weighted by Gasteiger charge is -2.08. The van der Waals surface area contributed by atoms with Crippen molar-refractivity contribution in [1.29, 1.82) is 0 Å². The van der Waals surface area contributed by atoms with E-state index >= 15 is 0 Å². The van der Waals surface area contributed by atoms with Crippen molar-refractivity contribution in [3.63, 3.8) is 0 Å². The van der Waals surface area contributed by atoms with E-state index in [9.17, 15) is 9.18 Å². The van der Waals surface area contributed by atoms with Gasteiger partial charge in [0.25, 0.3) is 0 Å². The number of nitrogens with two attached hydrogens (primary N) is 1. The van der Waals surface area contributed by atoms with Crippen LogP contribution in [0.5, 0.6) is 0 Å². The molecule has 0 saturated heterocycles. The van der Waals surface area contributed by atoms with Crippen molar-refractivity contribution in [2.75, 3.05) is 12.4 Å². The minimum atomic E-state index is -0.843. The van der Waals surface area contributed by atoms with Crippen molar-refractivity contribution < 1.29 is 13.9 Å². The average molecular weight is 263 g/mol. The molecule has 4 nitrogen and oxygen atoms in total. The Labute approximate surface area is 102 Å². The summed E-state index contributed by atoms with van der Waals surface area (Å²) in [5, 5.41) is 2.40. The van der Waals surface area contributed by atoms with Gasteiger partial charge in [-0.05, 0) is 24.4 Å². The first kappa shape index (κ1) is 12.7. The molecule has 0 heterocycles. The summed E-state index contributed by atoms with van der Waals surface area (Å²) in [6, 6.07) is 2.38. The van der Waals surface area contributed by atoms with Crippen molar-refractivity contribution >= 4 is 40.6 Å². The third-order valence-corrected chi connectivity index (χ3v) is 2.10. The molecule has 0 saturated carbocycles. The molecule has 1 aromatic rings. The lowest BCUT2D eigenvalue weighted by molar-refractivity contribution is 0.0596. The number of halogens is 2. The second kappa shape index (κ2) is 5.09. The Bertz CT molecular complexity index is 430. The van der Waals surface area contributed by atoms with Crippen molar-refractivity contribution in [2.45, 2.75) is 0 Å². The Morgan fingerprint density at radius 2 is 2.25 bits per heavy atom. The molecule has 0 aliphatic heterocycles. The van der Waals surface area contributed by atoms with Crippen molar-refractivity contribution in [2.24, 2.45) is 5.73 Å². The minimum Gasteiger partial charge on any atom is -0.465 e. The minimum absolute atomic E-state index is 0.0266. The Hall–Kier alpha value is -1.40. The van der Waals surface area contributed by atoms with E-state index in [1.807, 2.05) is 0 Å². The molecule has 0 aliphatic carbocycles. The number of carbonyl (C=O) groups excluding carboxylic acids is 1. The smallest absolute Gasteiger partial charge is 0.342 e. The molecule has 0 aromatic heterocycles. The summed E-state index contributed by atoms with van der Waals surface area (Å²) >= 11 is 10.3. The lowest BCUT2D eigenvalue weighted by Crippen LogP contribution is -2.19. The number of rotatable bonds is 2. The number of benzene rings is 1. The fourth-order valence-corrected chi connectivity index (χ4v) is 1.49. The standard InChI is InChI=1S/C9H8ClFN2O2S/c1-15-8(14)7-5(10)2-4(3-6(7)11)13-9(12)16/h2-3H,1H3,(H3,12,13,16). The molecule has 16 heavy (non-hydrogen) atoms. The predicted molar refractivity (Wildman–Crippen MR) is 63.2 cm³/mol. The average Bonchev–Trinajstić information content (AvgIpc) is 2.15. The van der Waals surface area contributed by atoms with E-state index in [4.69, 9.17) is 17.3 Å². The fourth-order valence-electron chi connectivity index (χ4n) is 1.08. The lowest BCUT2D eigenvalue weighted by atomic mass is 10.2. The van der Waals surface area contributed by atoms with Gasteiger partial charge in [0.2, 0.25) is 0 Å². The van der Waals surface area contributed by atoms with Crippen LogP contribution in [0, 0.1) is 5.82 Å². The maximum absolute atomic E-state index is 13.5. The molecule has 0 unspecified atom stereocenters. The van der Waals surface area contributed by atoms with E-state index < -0.39 is 11.8 Å². The highest BCUT2D eigenvalue weighted by Crippen LogP contribution is 2.25. The van der Waals surface area contributed by atoms with E-state index in [0.717, 1.165) is 13.2 Å². The second-order valence-electron chi connectivity index (χ2n) is 2.80. The summed E-state index contributed by atoms with van der Waals surface area (Å²) in [5.41, 5.74) is 5.16. The predicted octanol–water partition coefficient (Wildman–Crippen LogP) is 1.92. The first-order valence-corrected chi connectivity index (χ1v) is 4.88. The third-order valence-electron chi connectivity index (χ3n) is 1.70. The number of nitrogens with one attached hydrogen (secondary N) is 1. The maximum atomic E-state index is 13.5. The highest BCUT2D eigenvalue weighted by Gasteiger charge is 2.17. The largest absolute Gasteiger partial charge is 0.465 e. The third kappa shape index (κ3) is 2.80. The van der Waals surface area contributed by atoms with Crippen LogP contribution in [-0.2, 0) is 4.74 Å². The summed E-state index contributed by atoms with van der Waals surface area (Å²) in [5.74, 6) is -1.65. The van der Waals surface area contributed by atoms with Crippen LogP contribution in [0.25, 0.3) is 0 Å². The van der Waals surface area contributed by atoms with Gasteiger partial charge >= 0.3 is 5.97 Å². The van der Waals surface area contributed by atoms with Crippen LogP contribution in [0.4, 0.5) is 10.1 Å². The molecular formula is C9H8ClFN2O2S. The molecular weight excluding hydrogens is 255 g/mol. The second-order valence-corrected chi connectivity index (χ2v) is 3.64. The highest BCUT2D eigenvalue weighted by molar-refractivity contribution is 7.80. The summed E-state index contributed by atoms with van der Waals surface area (Å²) < 4.78 is 17.9. The fraction of sp³-hybridized carbons (Fsp3) is 0.111. The van der Waals surface area contributed by atoms with Gasteiger partial charge in [-0.3, -0.25) is 0 Å². The first-order valence-electron chi connectivity index (χ1n) is 4.09. The molecule has 0 fully saturated rings. The summed E-state index contributed by atoms with van der Waals surface area (Å²) in [6.07, 6.45) is 0. The van der Waals surface area contributed by atoms with Crippen LogP contribution >= 0.6 is 23.8 Å². The van der Waals surface area contributed by atoms with Gasteiger partial charge in [-0.1, -0.05) is 11.6 Å². The van der Waals surface area contributed by atoms with Crippen molar-refractivity contribution in [1.82, 2.24) is 0 Å². The van der Waals surface area contributed by atoms with Crippen LogP contribution in [0.2, 0.25) is 5.02 Å². The molecule has 0 spiro atoms. The zero-order valence-electron chi connectivity index (χ0n) is 8.21. The molecule has 0 radical (unpaired) electrons. The number of methoxy groups -OCH3 is 1. The molecule has 7 heteroatoms. The van der Waals surface area contributed by atoms with Crippen molar-refractivity contribution in [3.8, 4) is 0 Å². The number of hydrogen-bond donors (Lipinski definition) is 2. The van der Waals surface area contributed by atoms with E-state index in [1.165, 1.54) is 6.07 Å². The Kier molecular flexibility index (Phi) is 4.03. The van der Waals surface area contributed by atoms with Crippen LogP contribution < -0.4 is 11.1 Å². The van der Waals surface area contributed by atoms with Gasteiger partial charge in [-0.15, -0.1) is 0 Å². The Balaban J connectivity index is 3.17. The zero-order valence-corrected chi connectivity index (χ0v) is 9.79. The monoisotopic (exact) mass is 262 g/mol. The SMILES string of the molecule is COC(=O)c1c(F)cc(NC(N)=S)cc1Cl. The zero-order chi connectivity index (χ0) is 12.3.